The van der Waals surface area contributed by atoms with Gasteiger partial charge in [0.2, 0.25) is 0 Å². The summed E-state index contributed by atoms with van der Waals surface area (Å²) < 4.78 is 0. The Hall–Kier alpha value is 0.943. The Morgan fingerprint density at radius 2 is 2.00 bits per heavy atom. The molecule has 0 nitrogen and oxygen atoms in total. The van der Waals surface area contributed by atoms with Gasteiger partial charge < -0.3 is 24.8 Å². The van der Waals surface area contributed by atoms with Gasteiger partial charge in [0.15, 0.2) is 0 Å². The van der Waals surface area contributed by atoms with E-state index in [0.29, 0.717) is 0 Å². The van der Waals surface area contributed by atoms with E-state index >= 15 is 0 Å². The van der Waals surface area contributed by atoms with Crippen LogP contribution >= 0.6 is 0 Å². The van der Waals surface area contributed by atoms with Crippen LogP contribution < -0.4 is 24.8 Å². The molecule has 0 aliphatic heterocycles. The minimum absolute atomic E-state index is 0. The molecule has 73 valence electrons. The molecule has 3 heteroatoms. The second-order valence-corrected chi connectivity index (χ2v) is 2.85. The van der Waals surface area contributed by atoms with Crippen molar-refractivity contribution in [1.29, 1.82) is 0 Å². The van der Waals surface area contributed by atoms with E-state index < -0.39 is 0 Å². The summed E-state index contributed by atoms with van der Waals surface area (Å²) >= 11 is 0. The van der Waals surface area contributed by atoms with Crippen LogP contribution in [0.1, 0.15) is 39.5 Å². The Balaban J connectivity index is -0.000000333. The standard InChI is InChI=1S/C10H15.2ClH.Zr/c1-3-4-7-10-8-5-6-9(10)2;;;/h6H,3-5,7H2,1-2H3;2*1H;/q-1;;;+3/p-2. The van der Waals surface area contributed by atoms with E-state index in [-0.39, 0.29) is 51.0 Å². The van der Waals surface area contributed by atoms with Crippen molar-refractivity contribution in [3.63, 3.8) is 0 Å². The second kappa shape index (κ2) is 11.0. The van der Waals surface area contributed by atoms with Gasteiger partial charge in [-0.2, -0.15) is 6.08 Å². The molecule has 0 aromatic carbocycles. The Bertz CT molecular complexity index is 174. The minimum atomic E-state index is 0. The summed E-state index contributed by atoms with van der Waals surface area (Å²) in [6.07, 6.45) is 10.5. The molecular formula is C10H15Cl2Zr. The molecule has 0 atom stereocenters. The summed E-state index contributed by atoms with van der Waals surface area (Å²) in [6.45, 7) is 4.42. The summed E-state index contributed by atoms with van der Waals surface area (Å²) in [7, 11) is 0. The quantitative estimate of drug-likeness (QED) is 0.496. The zero-order valence-corrected chi connectivity index (χ0v) is 12.1. The van der Waals surface area contributed by atoms with Gasteiger partial charge in [0.05, 0.1) is 0 Å². The maximum absolute atomic E-state index is 3.37. The van der Waals surface area contributed by atoms with Gasteiger partial charge in [-0.3, -0.25) is 6.08 Å². The van der Waals surface area contributed by atoms with Gasteiger partial charge in [-0.25, -0.2) is 11.1 Å². The third-order valence-electron chi connectivity index (χ3n) is 1.98. The van der Waals surface area contributed by atoms with Crippen LogP contribution in [0.4, 0.5) is 0 Å². The van der Waals surface area contributed by atoms with Crippen LogP contribution in [-0.4, -0.2) is 0 Å². The van der Waals surface area contributed by atoms with E-state index in [1.54, 1.807) is 0 Å². The largest absolute Gasteiger partial charge is 3.00 e. The third-order valence-corrected chi connectivity index (χ3v) is 1.98. The van der Waals surface area contributed by atoms with Crippen molar-refractivity contribution in [2.75, 3.05) is 0 Å². The van der Waals surface area contributed by atoms with Gasteiger partial charge in [-0.15, -0.1) is 13.3 Å². The molecule has 0 amide bonds. The monoisotopic (exact) mass is 295 g/mol. The Labute approximate surface area is 113 Å². The molecule has 0 fully saturated rings. The van der Waals surface area contributed by atoms with E-state index in [0.717, 1.165) is 6.42 Å². The minimum Gasteiger partial charge on any atom is -1.00 e. The second-order valence-electron chi connectivity index (χ2n) is 2.85. The number of unbranched alkanes of at least 4 members (excludes halogenated alkanes) is 1. The summed E-state index contributed by atoms with van der Waals surface area (Å²) in [6, 6.07) is 0. The zero-order chi connectivity index (χ0) is 7.40. The van der Waals surface area contributed by atoms with Gasteiger partial charge >= 0.3 is 26.2 Å². The van der Waals surface area contributed by atoms with Gasteiger partial charge in [0, 0.05) is 0 Å². The van der Waals surface area contributed by atoms with E-state index in [4.69, 9.17) is 0 Å². The molecule has 13 heavy (non-hydrogen) atoms. The van der Waals surface area contributed by atoms with E-state index in [1.165, 1.54) is 30.4 Å². The van der Waals surface area contributed by atoms with Crippen LogP contribution in [0, 0.1) is 6.08 Å². The molecule has 0 saturated heterocycles. The molecule has 0 aromatic rings. The van der Waals surface area contributed by atoms with Crippen LogP contribution in [0.15, 0.2) is 17.2 Å². The fourth-order valence-electron chi connectivity index (χ4n) is 1.23. The first-order chi connectivity index (χ1) is 4.84. The van der Waals surface area contributed by atoms with E-state index in [1.807, 2.05) is 0 Å². The van der Waals surface area contributed by atoms with Crippen LogP contribution in [0.3, 0.4) is 0 Å². The molecule has 0 spiro atoms. The fraction of sp³-hybridized carbons (Fsp3) is 0.600. The average molecular weight is 297 g/mol. The zero-order valence-electron chi connectivity index (χ0n) is 8.16. The van der Waals surface area contributed by atoms with Crippen molar-refractivity contribution in [2.45, 2.75) is 39.5 Å². The molecule has 0 bridgehead atoms. The molecule has 1 aliphatic rings. The normalized spacial score (nSPS) is 13.1. The van der Waals surface area contributed by atoms with Crippen molar-refractivity contribution < 1.29 is 51.0 Å². The summed E-state index contributed by atoms with van der Waals surface area (Å²) in [4.78, 5) is 0. The molecule has 0 aromatic heterocycles. The van der Waals surface area contributed by atoms with Crippen LogP contribution in [-0.2, 0) is 26.2 Å². The Morgan fingerprint density at radius 3 is 2.38 bits per heavy atom. The maximum Gasteiger partial charge on any atom is 3.00 e. The Kier molecular flexibility index (Phi) is 16.5. The first-order valence-corrected chi connectivity index (χ1v) is 4.11. The molecule has 0 N–H and O–H groups in total. The maximum atomic E-state index is 3.37. The Morgan fingerprint density at radius 1 is 1.38 bits per heavy atom. The number of allylic oxidation sites excluding steroid dienone is 4. The molecule has 1 aliphatic carbocycles. The predicted molar refractivity (Wildman–Crippen MR) is 44.7 cm³/mol. The fourth-order valence-corrected chi connectivity index (χ4v) is 1.23. The number of rotatable bonds is 3. The van der Waals surface area contributed by atoms with Crippen LogP contribution in [0.25, 0.3) is 0 Å². The van der Waals surface area contributed by atoms with Crippen molar-refractivity contribution in [2.24, 2.45) is 0 Å². The van der Waals surface area contributed by atoms with Crippen molar-refractivity contribution >= 4 is 0 Å². The molecule has 0 unspecified atom stereocenters. The van der Waals surface area contributed by atoms with Crippen molar-refractivity contribution in [1.82, 2.24) is 0 Å². The molecule has 1 rings (SSSR count). The summed E-state index contributed by atoms with van der Waals surface area (Å²) in [5.41, 5.74) is 2.91. The van der Waals surface area contributed by atoms with Crippen LogP contribution in [0.5, 0.6) is 0 Å². The third kappa shape index (κ3) is 6.94. The molecular weight excluding hydrogens is 282 g/mol. The van der Waals surface area contributed by atoms with Gasteiger partial charge in [0.25, 0.3) is 0 Å². The summed E-state index contributed by atoms with van der Waals surface area (Å²) in [5, 5.41) is 0. The van der Waals surface area contributed by atoms with E-state index in [2.05, 4.69) is 26.0 Å². The average Bonchev–Trinajstić information content (AvgIpc) is 2.31. The van der Waals surface area contributed by atoms with Crippen molar-refractivity contribution in [3.05, 3.63) is 23.3 Å². The smallest absolute Gasteiger partial charge is 1.00 e. The van der Waals surface area contributed by atoms with E-state index in [9.17, 15) is 0 Å². The van der Waals surface area contributed by atoms with Gasteiger partial charge in [0.1, 0.15) is 0 Å². The summed E-state index contributed by atoms with van der Waals surface area (Å²) in [5.74, 6) is 0. The topological polar surface area (TPSA) is 0 Å². The molecule has 0 saturated carbocycles. The molecule has 0 heterocycles. The number of halogens is 2. The SMILES string of the molecule is CCCCC1=[C-]CC=C1C.[Cl-].[Cl-].[Zr+3]. The predicted octanol–water partition coefficient (Wildman–Crippen LogP) is -2.74. The number of hydrogen-bond donors (Lipinski definition) is 0. The molecule has 1 radical (unpaired) electrons. The van der Waals surface area contributed by atoms with Crippen molar-refractivity contribution in [3.8, 4) is 0 Å². The van der Waals surface area contributed by atoms with Crippen LogP contribution in [0.2, 0.25) is 0 Å². The first-order valence-electron chi connectivity index (χ1n) is 4.11. The van der Waals surface area contributed by atoms with Gasteiger partial charge in [-0.1, -0.05) is 26.2 Å². The number of hydrogen-bond acceptors (Lipinski definition) is 0. The first kappa shape index (κ1) is 19.5. The van der Waals surface area contributed by atoms with Gasteiger partial charge in [-0.05, 0) is 0 Å².